The monoisotopic (exact) mass is 147 g/mol. The Morgan fingerprint density at radius 1 is 1.27 bits per heavy atom. The number of aromatic nitrogens is 2. The van der Waals surface area contributed by atoms with Crippen LogP contribution in [-0.4, -0.2) is 10.2 Å². The van der Waals surface area contributed by atoms with E-state index < -0.39 is 0 Å². The normalized spacial score (nSPS) is 16.7. The molecule has 2 rings (SSSR count). The number of H-pyrrole nitrogens is 1. The van der Waals surface area contributed by atoms with Crippen LogP contribution in [0.2, 0.25) is 0 Å². The lowest BCUT2D eigenvalue weighted by atomic mass is 10.0. The van der Waals surface area contributed by atoms with Gasteiger partial charge >= 0.3 is 0 Å². The molecule has 0 saturated carbocycles. The minimum absolute atomic E-state index is 0.370. The molecular formula is C8H9N3. The number of aromatic amines is 1. The van der Waals surface area contributed by atoms with Gasteiger partial charge in [0.1, 0.15) is 0 Å². The number of nitrogens with zero attached hydrogens (tertiary/aromatic N) is 1. The van der Waals surface area contributed by atoms with Crippen molar-refractivity contribution < 1.29 is 0 Å². The van der Waals surface area contributed by atoms with Gasteiger partial charge in [-0.2, -0.15) is 5.10 Å². The third kappa shape index (κ3) is 1.17. The molecule has 3 nitrogen and oxygen atoms in total. The Kier molecular flexibility index (Phi) is 1.48. The Balaban J connectivity index is 2.23. The van der Waals surface area contributed by atoms with Gasteiger partial charge in [-0.15, -0.1) is 0 Å². The fraction of sp³-hybridized carbons (Fsp3) is 0.125. The van der Waals surface area contributed by atoms with Gasteiger partial charge in [-0.1, -0.05) is 12.2 Å². The van der Waals surface area contributed by atoms with E-state index in [1.54, 1.807) is 0 Å². The zero-order valence-electron chi connectivity index (χ0n) is 5.99. The summed E-state index contributed by atoms with van der Waals surface area (Å²) in [6.07, 6.45) is 11.8. The van der Waals surface area contributed by atoms with E-state index in [9.17, 15) is 0 Å². The molecular weight excluding hydrogens is 138 g/mol. The molecule has 3 heteroatoms. The van der Waals surface area contributed by atoms with Gasteiger partial charge in [-0.3, -0.25) is 5.10 Å². The minimum Gasteiger partial charge on any atom is -0.368 e. The molecule has 1 aliphatic rings. The largest absolute Gasteiger partial charge is 0.368 e. The molecule has 2 heterocycles. The molecule has 0 fully saturated rings. The number of nitrogens with one attached hydrogen (secondary N) is 2. The van der Waals surface area contributed by atoms with Crippen molar-refractivity contribution in [3.05, 3.63) is 42.5 Å². The third-order valence-electron chi connectivity index (χ3n) is 1.70. The summed E-state index contributed by atoms with van der Waals surface area (Å²) in [5.41, 5.74) is 1.19. The van der Waals surface area contributed by atoms with E-state index in [2.05, 4.69) is 27.7 Å². The average Bonchev–Trinajstić information content (AvgIpc) is 2.58. The fourth-order valence-corrected chi connectivity index (χ4v) is 1.10. The van der Waals surface area contributed by atoms with Crippen LogP contribution < -0.4 is 5.32 Å². The Hall–Kier alpha value is -1.51. The van der Waals surface area contributed by atoms with Crippen LogP contribution in [0.5, 0.6) is 0 Å². The van der Waals surface area contributed by atoms with E-state index in [0.717, 1.165) is 0 Å². The van der Waals surface area contributed by atoms with Crippen molar-refractivity contribution >= 4 is 0 Å². The van der Waals surface area contributed by atoms with Crippen LogP contribution >= 0.6 is 0 Å². The summed E-state index contributed by atoms with van der Waals surface area (Å²) in [5.74, 6) is 0.370. The zero-order valence-corrected chi connectivity index (χ0v) is 5.99. The highest BCUT2D eigenvalue weighted by Crippen LogP contribution is 2.18. The maximum Gasteiger partial charge on any atom is 0.0528 e. The summed E-state index contributed by atoms with van der Waals surface area (Å²) in [7, 11) is 0. The van der Waals surface area contributed by atoms with Crippen molar-refractivity contribution in [1.82, 2.24) is 15.5 Å². The Bertz CT molecular complexity index is 260. The van der Waals surface area contributed by atoms with Crippen LogP contribution in [0.3, 0.4) is 0 Å². The van der Waals surface area contributed by atoms with Crippen molar-refractivity contribution in [3.63, 3.8) is 0 Å². The molecule has 0 saturated heterocycles. The Labute approximate surface area is 64.8 Å². The molecule has 1 aromatic rings. The third-order valence-corrected chi connectivity index (χ3v) is 1.70. The summed E-state index contributed by atoms with van der Waals surface area (Å²) in [6.45, 7) is 0. The summed E-state index contributed by atoms with van der Waals surface area (Å²) in [6, 6.07) is 0. The highest BCUT2D eigenvalue weighted by molar-refractivity contribution is 5.26. The lowest BCUT2D eigenvalue weighted by molar-refractivity contribution is 0.996. The van der Waals surface area contributed by atoms with E-state index in [4.69, 9.17) is 0 Å². The predicted octanol–water partition coefficient (Wildman–Crippen LogP) is 1.12. The second kappa shape index (κ2) is 2.62. The highest BCUT2D eigenvalue weighted by atomic mass is 15.1. The van der Waals surface area contributed by atoms with Crippen LogP contribution in [0, 0.1) is 0 Å². The quantitative estimate of drug-likeness (QED) is 0.625. The van der Waals surface area contributed by atoms with Gasteiger partial charge in [0.25, 0.3) is 0 Å². The van der Waals surface area contributed by atoms with Crippen LogP contribution in [0.1, 0.15) is 11.5 Å². The highest BCUT2D eigenvalue weighted by Gasteiger charge is 2.05. The summed E-state index contributed by atoms with van der Waals surface area (Å²) >= 11 is 0. The van der Waals surface area contributed by atoms with Gasteiger partial charge in [0.2, 0.25) is 0 Å². The molecule has 0 atom stereocenters. The maximum atomic E-state index is 3.88. The van der Waals surface area contributed by atoms with Crippen LogP contribution in [0.15, 0.2) is 36.9 Å². The molecule has 1 aliphatic heterocycles. The standard InChI is InChI=1S/C8H9N3/c1-3-9-4-2-7(1)8-5-10-11-6-8/h1-7,9H,(H,10,11). The summed E-state index contributed by atoms with van der Waals surface area (Å²) < 4.78 is 0. The maximum absolute atomic E-state index is 3.88. The number of hydrogen-bond donors (Lipinski definition) is 2. The molecule has 0 amide bonds. The molecule has 0 aromatic carbocycles. The van der Waals surface area contributed by atoms with Crippen LogP contribution in [-0.2, 0) is 0 Å². The molecule has 11 heavy (non-hydrogen) atoms. The number of hydrogen-bond acceptors (Lipinski definition) is 2. The minimum atomic E-state index is 0.370. The first-order chi connectivity index (χ1) is 5.47. The molecule has 2 N–H and O–H groups in total. The number of rotatable bonds is 1. The van der Waals surface area contributed by atoms with Gasteiger partial charge in [-0.05, 0) is 12.4 Å². The van der Waals surface area contributed by atoms with Crippen LogP contribution in [0.25, 0.3) is 0 Å². The van der Waals surface area contributed by atoms with Crippen molar-refractivity contribution in [3.8, 4) is 0 Å². The van der Waals surface area contributed by atoms with E-state index >= 15 is 0 Å². The van der Waals surface area contributed by atoms with E-state index in [1.165, 1.54) is 5.56 Å². The zero-order chi connectivity index (χ0) is 7.52. The topological polar surface area (TPSA) is 40.7 Å². The van der Waals surface area contributed by atoms with E-state index in [0.29, 0.717) is 5.92 Å². The van der Waals surface area contributed by atoms with E-state index in [1.807, 2.05) is 24.8 Å². The lowest BCUT2D eigenvalue weighted by Gasteiger charge is -2.07. The summed E-state index contributed by atoms with van der Waals surface area (Å²) in [4.78, 5) is 0. The Morgan fingerprint density at radius 2 is 2.09 bits per heavy atom. The Morgan fingerprint density at radius 3 is 2.73 bits per heavy atom. The molecule has 0 unspecified atom stereocenters. The predicted molar refractivity (Wildman–Crippen MR) is 42.7 cm³/mol. The molecule has 0 aliphatic carbocycles. The van der Waals surface area contributed by atoms with Crippen LogP contribution in [0.4, 0.5) is 0 Å². The second-order valence-corrected chi connectivity index (χ2v) is 2.44. The average molecular weight is 147 g/mol. The SMILES string of the molecule is C1=CC(c2cn[nH]c2)C=CN1. The molecule has 0 bridgehead atoms. The van der Waals surface area contributed by atoms with Gasteiger partial charge in [0.15, 0.2) is 0 Å². The molecule has 56 valence electrons. The number of allylic oxidation sites excluding steroid dienone is 2. The van der Waals surface area contributed by atoms with Crippen molar-refractivity contribution in [2.75, 3.05) is 0 Å². The van der Waals surface area contributed by atoms with Crippen molar-refractivity contribution in [2.45, 2.75) is 5.92 Å². The smallest absolute Gasteiger partial charge is 0.0528 e. The van der Waals surface area contributed by atoms with E-state index in [-0.39, 0.29) is 0 Å². The first-order valence-electron chi connectivity index (χ1n) is 3.55. The number of dihydropyridines is 1. The lowest BCUT2D eigenvalue weighted by Crippen LogP contribution is -2.01. The van der Waals surface area contributed by atoms with Gasteiger partial charge in [0.05, 0.1) is 6.20 Å². The van der Waals surface area contributed by atoms with Gasteiger partial charge < -0.3 is 5.32 Å². The van der Waals surface area contributed by atoms with Crippen molar-refractivity contribution in [1.29, 1.82) is 0 Å². The second-order valence-electron chi connectivity index (χ2n) is 2.44. The van der Waals surface area contributed by atoms with Gasteiger partial charge in [0, 0.05) is 17.7 Å². The first-order valence-corrected chi connectivity index (χ1v) is 3.55. The van der Waals surface area contributed by atoms with Crippen molar-refractivity contribution in [2.24, 2.45) is 0 Å². The summed E-state index contributed by atoms with van der Waals surface area (Å²) in [5, 5.41) is 9.66. The first kappa shape index (κ1) is 6.22. The molecule has 1 aromatic heterocycles. The fourth-order valence-electron chi connectivity index (χ4n) is 1.10. The van der Waals surface area contributed by atoms with Gasteiger partial charge in [-0.25, -0.2) is 0 Å². The molecule has 0 radical (unpaired) electrons. The molecule has 0 spiro atoms.